The van der Waals surface area contributed by atoms with Crippen molar-refractivity contribution in [3.8, 4) is 0 Å². The molecule has 35 heavy (non-hydrogen) atoms. The zero-order valence-electron chi connectivity index (χ0n) is 21.3. The minimum absolute atomic E-state index is 0.0365. The molecular formula is C29H38Cl2N2O2. The number of nitrogens with one attached hydrogen (secondary N) is 1. The van der Waals surface area contributed by atoms with Gasteiger partial charge in [0.1, 0.15) is 0 Å². The number of carbonyl (C=O) groups excluding carboxylic acids is 2. The van der Waals surface area contributed by atoms with Crippen LogP contribution in [-0.4, -0.2) is 35.8 Å². The van der Waals surface area contributed by atoms with E-state index in [2.05, 4.69) is 12.2 Å². The number of carbonyl (C=O) groups is 2. The van der Waals surface area contributed by atoms with Crippen LogP contribution in [0.25, 0.3) is 0 Å². The highest BCUT2D eigenvalue weighted by atomic mass is 35.5. The number of benzene rings is 2. The summed E-state index contributed by atoms with van der Waals surface area (Å²) in [6, 6.07) is 15.7. The van der Waals surface area contributed by atoms with Crippen LogP contribution < -0.4 is 5.32 Å². The Hall–Kier alpha value is -2.04. The molecule has 1 saturated heterocycles. The Labute approximate surface area is 220 Å². The quantitative estimate of drug-likeness (QED) is 0.415. The maximum absolute atomic E-state index is 12.9. The van der Waals surface area contributed by atoms with E-state index >= 15 is 0 Å². The Balaban J connectivity index is 1.54. The largest absolute Gasteiger partial charge is 0.353 e. The van der Waals surface area contributed by atoms with Crippen LogP contribution in [0.2, 0.25) is 10.0 Å². The SMILES string of the molecule is CC(NC(=O)CCC1CCN(C(=O)C(C)(C)C)CC1)C(Cc1ccc(Cl)cc1)c1ccc(Cl)cc1. The fourth-order valence-corrected chi connectivity index (χ4v) is 5.08. The van der Waals surface area contributed by atoms with Gasteiger partial charge in [-0.15, -0.1) is 0 Å². The molecule has 0 saturated carbocycles. The Morgan fingerprint density at radius 1 is 0.971 bits per heavy atom. The van der Waals surface area contributed by atoms with Crippen molar-refractivity contribution in [1.82, 2.24) is 10.2 Å². The van der Waals surface area contributed by atoms with Gasteiger partial charge >= 0.3 is 0 Å². The average molecular weight is 518 g/mol. The second kappa shape index (κ2) is 12.3. The molecule has 0 aliphatic carbocycles. The maximum Gasteiger partial charge on any atom is 0.227 e. The molecule has 1 aliphatic heterocycles. The van der Waals surface area contributed by atoms with Gasteiger partial charge in [0.15, 0.2) is 0 Å². The van der Waals surface area contributed by atoms with E-state index in [1.807, 2.05) is 74.2 Å². The molecule has 2 amide bonds. The highest BCUT2D eigenvalue weighted by molar-refractivity contribution is 6.30. The predicted molar refractivity (Wildman–Crippen MR) is 145 cm³/mol. The second-order valence-corrected chi connectivity index (χ2v) is 11.7. The van der Waals surface area contributed by atoms with Crippen LogP contribution in [0.1, 0.15) is 70.4 Å². The summed E-state index contributed by atoms with van der Waals surface area (Å²) in [4.78, 5) is 27.4. The van der Waals surface area contributed by atoms with Crippen molar-refractivity contribution in [1.29, 1.82) is 0 Å². The van der Waals surface area contributed by atoms with Crippen LogP contribution in [0.4, 0.5) is 0 Å². The molecule has 4 nitrogen and oxygen atoms in total. The second-order valence-electron chi connectivity index (χ2n) is 10.9. The highest BCUT2D eigenvalue weighted by Gasteiger charge is 2.30. The summed E-state index contributed by atoms with van der Waals surface area (Å²) in [5.41, 5.74) is 1.98. The summed E-state index contributed by atoms with van der Waals surface area (Å²) in [7, 11) is 0. The molecule has 1 aliphatic rings. The summed E-state index contributed by atoms with van der Waals surface area (Å²) in [6.45, 7) is 9.56. The van der Waals surface area contributed by atoms with Gasteiger partial charge in [-0.2, -0.15) is 0 Å². The number of rotatable bonds is 8. The monoisotopic (exact) mass is 516 g/mol. The number of likely N-dealkylation sites (tertiary alicyclic amines) is 1. The summed E-state index contributed by atoms with van der Waals surface area (Å²) >= 11 is 12.2. The fraction of sp³-hybridized carbons (Fsp3) is 0.517. The molecule has 0 bridgehead atoms. The number of hydrogen-bond donors (Lipinski definition) is 1. The third kappa shape index (κ3) is 8.25. The first-order valence-electron chi connectivity index (χ1n) is 12.6. The first-order chi connectivity index (χ1) is 16.5. The molecule has 0 aromatic heterocycles. The Kier molecular flexibility index (Phi) is 9.66. The fourth-order valence-electron chi connectivity index (χ4n) is 4.83. The standard InChI is InChI=1S/C29H38Cl2N2O2/c1-20(26(23-8-12-25(31)13-9-23)19-22-5-10-24(30)11-6-22)32-27(34)14-7-21-15-17-33(18-16-21)28(35)29(2,3)4/h5-6,8-13,20-21,26H,7,14-19H2,1-4H3,(H,32,34). The smallest absolute Gasteiger partial charge is 0.227 e. The molecule has 1 N–H and O–H groups in total. The number of hydrogen-bond acceptors (Lipinski definition) is 2. The average Bonchev–Trinajstić information content (AvgIpc) is 2.82. The first kappa shape index (κ1) is 27.5. The van der Waals surface area contributed by atoms with Gasteiger partial charge in [-0.05, 0) is 73.9 Å². The van der Waals surface area contributed by atoms with Gasteiger partial charge in [-0.1, -0.05) is 68.2 Å². The van der Waals surface area contributed by atoms with Crippen molar-refractivity contribution in [2.45, 2.75) is 71.8 Å². The molecule has 2 aromatic carbocycles. The lowest BCUT2D eigenvalue weighted by atomic mass is 9.86. The molecule has 2 atom stereocenters. The maximum atomic E-state index is 12.9. The first-order valence-corrected chi connectivity index (χ1v) is 13.4. The molecule has 3 rings (SSSR count). The molecule has 6 heteroatoms. The van der Waals surface area contributed by atoms with Gasteiger partial charge in [0.2, 0.25) is 11.8 Å². The number of piperidine rings is 1. The zero-order chi connectivity index (χ0) is 25.6. The van der Waals surface area contributed by atoms with Crippen molar-refractivity contribution in [2.75, 3.05) is 13.1 Å². The van der Waals surface area contributed by atoms with E-state index in [-0.39, 0.29) is 29.2 Å². The van der Waals surface area contributed by atoms with Crippen molar-refractivity contribution in [3.63, 3.8) is 0 Å². The van der Waals surface area contributed by atoms with Crippen molar-refractivity contribution in [2.24, 2.45) is 11.3 Å². The van der Waals surface area contributed by atoms with E-state index < -0.39 is 0 Å². The van der Waals surface area contributed by atoms with Crippen LogP contribution in [-0.2, 0) is 16.0 Å². The summed E-state index contributed by atoms with van der Waals surface area (Å²) in [6.07, 6.45) is 4.10. The lowest BCUT2D eigenvalue weighted by molar-refractivity contribution is -0.141. The van der Waals surface area contributed by atoms with Crippen LogP contribution in [0.5, 0.6) is 0 Å². The van der Waals surface area contributed by atoms with E-state index in [9.17, 15) is 9.59 Å². The zero-order valence-corrected chi connectivity index (χ0v) is 22.8. The van der Waals surface area contributed by atoms with E-state index in [0.29, 0.717) is 22.4 Å². The molecule has 2 aromatic rings. The van der Waals surface area contributed by atoms with Gasteiger partial charge in [0.05, 0.1) is 0 Å². The van der Waals surface area contributed by atoms with Crippen molar-refractivity contribution < 1.29 is 9.59 Å². The molecule has 0 spiro atoms. The Morgan fingerprint density at radius 2 is 1.51 bits per heavy atom. The summed E-state index contributed by atoms with van der Waals surface area (Å²) < 4.78 is 0. The van der Waals surface area contributed by atoms with Crippen LogP contribution >= 0.6 is 23.2 Å². The molecule has 1 heterocycles. The number of amides is 2. The van der Waals surface area contributed by atoms with Crippen LogP contribution in [0.3, 0.4) is 0 Å². The number of nitrogens with zero attached hydrogens (tertiary/aromatic N) is 1. The third-order valence-electron chi connectivity index (χ3n) is 6.98. The van der Waals surface area contributed by atoms with Gasteiger partial charge in [0.25, 0.3) is 0 Å². The summed E-state index contributed by atoms with van der Waals surface area (Å²) in [5.74, 6) is 0.905. The molecule has 2 unspecified atom stereocenters. The molecule has 1 fully saturated rings. The minimum Gasteiger partial charge on any atom is -0.353 e. The highest BCUT2D eigenvalue weighted by Crippen LogP contribution is 2.28. The molecular weight excluding hydrogens is 479 g/mol. The van der Waals surface area contributed by atoms with Gasteiger partial charge < -0.3 is 10.2 Å². The van der Waals surface area contributed by atoms with E-state index in [1.54, 1.807) is 0 Å². The van der Waals surface area contributed by atoms with E-state index in [0.717, 1.165) is 44.3 Å². The van der Waals surface area contributed by atoms with Crippen molar-refractivity contribution in [3.05, 3.63) is 69.7 Å². The van der Waals surface area contributed by atoms with E-state index in [4.69, 9.17) is 23.2 Å². The minimum atomic E-state index is -0.338. The lowest BCUT2D eigenvalue weighted by Crippen LogP contribution is -2.44. The predicted octanol–water partition coefficient (Wildman–Crippen LogP) is 6.89. The van der Waals surface area contributed by atoms with E-state index in [1.165, 1.54) is 5.56 Å². The van der Waals surface area contributed by atoms with Gasteiger partial charge in [-0.3, -0.25) is 9.59 Å². The normalized spacial score (nSPS) is 16.6. The van der Waals surface area contributed by atoms with Gasteiger partial charge in [0, 0.05) is 46.9 Å². The Morgan fingerprint density at radius 3 is 2.06 bits per heavy atom. The van der Waals surface area contributed by atoms with Crippen molar-refractivity contribution >= 4 is 35.0 Å². The van der Waals surface area contributed by atoms with Gasteiger partial charge in [-0.25, -0.2) is 0 Å². The lowest BCUT2D eigenvalue weighted by Gasteiger charge is -2.35. The Bertz CT molecular complexity index is 975. The number of halogens is 2. The topological polar surface area (TPSA) is 49.4 Å². The third-order valence-corrected chi connectivity index (χ3v) is 7.49. The molecule has 190 valence electrons. The molecule has 0 radical (unpaired) electrons. The van der Waals surface area contributed by atoms with Crippen LogP contribution in [0.15, 0.2) is 48.5 Å². The van der Waals surface area contributed by atoms with Crippen LogP contribution in [0, 0.1) is 11.3 Å². The summed E-state index contributed by atoms with van der Waals surface area (Å²) in [5, 5.41) is 4.66.